The summed E-state index contributed by atoms with van der Waals surface area (Å²) >= 11 is 0. The maximum absolute atomic E-state index is 9.12. The molecule has 0 saturated carbocycles. The van der Waals surface area contributed by atoms with Gasteiger partial charge in [-0.05, 0) is 18.6 Å². The van der Waals surface area contributed by atoms with E-state index >= 15 is 0 Å². The Labute approximate surface area is 106 Å². The third-order valence-electron chi connectivity index (χ3n) is 2.63. The van der Waals surface area contributed by atoms with Gasteiger partial charge in [0.1, 0.15) is 11.9 Å². The SMILES string of the molecule is C#CCCCNc1nc2ccccc2cc1C#N. The molecule has 0 aliphatic heterocycles. The fourth-order valence-corrected chi connectivity index (χ4v) is 1.73. The summed E-state index contributed by atoms with van der Waals surface area (Å²) in [7, 11) is 0. The Morgan fingerprint density at radius 1 is 1.33 bits per heavy atom. The van der Waals surface area contributed by atoms with Crippen LogP contribution >= 0.6 is 0 Å². The molecule has 0 aliphatic rings. The van der Waals surface area contributed by atoms with Crippen LogP contribution in [0.5, 0.6) is 0 Å². The summed E-state index contributed by atoms with van der Waals surface area (Å²) in [5.74, 6) is 3.22. The number of terminal acetylenes is 1. The largest absolute Gasteiger partial charge is 0.369 e. The second-order valence-electron chi connectivity index (χ2n) is 3.92. The van der Waals surface area contributed by atoms with Gasteiger partial charge < -0.3 is 5.32 Å². The van der Waals surface area contributed by atoms with Crippen LogP contribution in [-0.2, 0) is 0 Å². The molecule has 1 heterocycles. The molecular weight excluding hydrogens is 222 g/mol. The van der Waals surface area contributed by atoms with Gasteiger partial charge in [-0.25, -0.2) is 4.98 Å². The smallest absolute Gasteiger partial charge is 0.144 e. The molecule has 0 saturated heterocycles. The van der Waals surface area contributed by atoms with Gasteiger partial charge in [-0.2, -0.15) is 5.26 Å². The highest BCUT2D eigenvalue weighted by atomic mass is 15.0. The van der Waals surface area contributed by atoms with Crippen LogP contribution in [0.3, 0.4) is 0 Å². The number of nitriles is 1. The number of pyridine rings is 1. The predicted molar refractivity (Wildman–Crippen MR) is 73.0 cm³/mol. The highest BCUT2D eigenvalue weighted by Gasteiger charge is 2.05. The molecule has 2 rings (SSSR count). The van der Waals surface area contributed by atoms with Crippen molar-refractivity contribution in [1.29, 1.82) is 5.26 Å². The zero-order valence-electron chi connectivity index (χ0n) is 9.98. The molecule has 0 fully saturated rings. The minimum atomic E-state index is 0.564. The number of para-hydroxylation sites is 1. The van der Waals surface area contributed by atoms with E-state index in [2.05, 4.69) is 22.3 Å². The normalized spacial score (nSPS) is 9.67. The standard InChI is InChI=1S/C15H13N3/c1-2-3-6-9-17-15-13(11-16)10-12-7-4-5-8-14(12)18-15/h1,4-5,7-8,10H,3,6,9H2,(H,17,18). The third-order valence-corrected chi connectivity index (χ3v) is 2.63. The zero-order valence-corrected chi connectivity index (χ0v) is 9.98. The summed E-state index contributed by atoms with van der Waals surface area (Å²) < 4.78 is 0. The lowest BCUT2D eigenvalue weighted by Gasteiger charge is -2.07. The Hall–Kier alpha value is -2.52. The first-order valence-electron chi connectivity index (χ1n) is 5.82. The van der Waals surface area contributed by atoms with E-state index in [4.69, 9.17) is 11.7 Å². The molecule has 2 aromatic rings. The van der Waals surface area contributed by atoms with Crippen LogP contribution in [0.15, 0.2) is 30.3 Å². The Morgan fingerprint density at radius 2 is 2.17 bits per heavy atom. The van der Waals surface area contributed by atoms with Crippen molar-refractivity contribution in [2.24, 2.45) is 0 Å². The van der Waals surface area contributed by atoms with Gasteiger partial charge in [0.2, 0.25) is 0 Å². The summed E-state index contributed by atoms with van der Waals surface area (Å²) in [5, 5.41) is 13.3. The summed E-state index contributed by atoms with van der Waals surface area (Å²) in [4.78, 5) is 4.46. The lowest BCUT2D eigenvalue weighted by Crippen LogP contribution is -2.05. The lowest BCUT2D eigenvalue weighted by molar-refractivity contribution is 0.902. The van der Waals surface area contributed by atoms with E-state index in [1.807, 2.05) is 30.3 Å². The number of nitrogens with zero attached hydrogens (tertiary/aromatic N) is 2. The highest BCUT2D eigenvalue weighted by molar-refractivity contribution is 5.82. The van der Waals surface area contributed by atoms with Crippen molar-refractivity contribution in [3.05, 3.63) is 35.9 Å². The van der Waals surface area contributed by atoms with E-state index in [-0.39, 0.29) is 0 Å². The molecular formula is C15H13N3. The number of aromatic nitrogens is 1. The topological polar surface area (TPSA) is 48.7 Å². The average Bonchev–Trinajstić information content (AvgIpc) is 2.42. The molecule has 0 bridgehead atoms. The number of hydrogen-bond donors (Lipinski definition) is 1. The van der Waals surface area contributed by atoms with Gasteiger partial charge in [0, 0.05) is 18.4 Å². The van der Waals surface area contributed by atoms with E-state index in [1.54, 1.807) is 0 Å². The number of anilines is 1. The van der Waals surface area contributed by atoms with Gasteiger partial charge in [0.15, 0.2) is 0 Å². The third kappa shape index (κ3) is 2.59. The van der Waals surface area contributed by atoms with E-state index in [0.29, 0.717) is 11.4 Å². The van der Waals surface area contributed by atoms with Gasteiger partial charge in [0.25, 0.3) is 0 Å². The van der Waals surface area contributed by atoms with E-state index in [9.17, 15) is 0 Å². The summed E-state index contributed by atoms with van der Waals surface area (Å²) in [6.45, 7) is 0.726. The number of hydrogen-bond acceptors (Lipinski definition) is 3. The first kappa shape index (κ1) is 12.0. The second-order valence-corrected chi connectivity index (χ2v) is 3.92. The fraction of sp³-hybridized carbons (Fsp3) is 0.200. The van der Waals surface area contributed by atoms with Gasteiger partial charge in [-0.3, -0.25) is 0 Å². The van der Waals surface area contributed by atoms with Crippen LogP contribution in [0.2, 0.25) is 0 Å². The minimum Gasteiger partial charge on any atom is -0.369 e. The van der Waals surface area contributed by atoms with E-state index in [0.717, 1.165) is 30.3 Å². The van der Waals surface area contributed by atoms with Crippen molar-refractivity contribution >= 4 is 16.7 Å². The Bertz CT molecular complexity index is 632. The second kappa shape index (κ2) is 5.70. The van der Waals surface area contributed by atoms with Gasteiger partial charge in [0.05, 0.1) is 11.1 Å². The Balaban J connectivity index is 2.26. The van der Waals surface area contributed by atoms with Crippen LogP contribution < -0.4 is 5.32 Å². The molecule has 3 nitrogen and oxygen atoms in total. The fourth-order valence-electron chi connectivity index (χ4n) is 1.73. The quantitative estimate of drug-likeness (QED) is 0.654. The number of benzene rings is 1. The molecule has 1 N–H and O–H groups in total. The van der Waals surface area contributed by atoms with Crippen molar-refractivity contribution in [1.82, 2.24) is 4.98 Å². The summed E-state index contributed by atoms with van der Waals surface area (Å²) in [6.07, 6.45) is 6.79. The van der Waals surface area contributed by atoms with E-state index in [1.165, 1.54) is 0 Å². The molecule has 0 unspecified atom stereocenters. The Morgan fingerprint density at radius 3 is 2.94 bits per heavy atom. The summed E-state index contributed by atoms with van der Waals surface area (Å²) in [6, 6.07) is 11.8. The highest BCUT2D eigenvalue weighted by Crippen LogP contribution is 2.19. The predicted octanol–water partition coefficient (Wildman–Crippen LogP) is 2.93. The van der Waals surface area contributed by atoms with Gasteiger partial charge in [-0.15, -0.1) is 12.3 Å². The molecule has 0 aliphatic carbocycles. The first-order chi connectivity index (χ1) is 8.85. The van der Waals surface area contributed by atoms with Crippen molar-refractivity contribution in [2.45, 2.75) is 12.8 Å². The Kier molecular flexibility index (Phi) is 3.79. The number of unbranched alkanes of at least 4 members (excludes halogenated alkanes) is 1. The van der Waals surface area contributed by atoms with Crippen LogP contribution in [0.25, 0.3) is 10.9 Å². The molecule has 3 heteroatoms. The average molecular weight is 235 g/mol. The van der Waals surface area contributed by atoms with Crippen molar-refractivity contribution < 1.29 is 0 Å². The number of rotatable bonds is 4. The van der Waals surface area contributed by atoms with Gasteiger partial charge >= 0.3 is 0 Å². The molecule has 1 aromatic carbocycles. The van der Waals surface area contributed by atoms with Crippen LogP contribution in [-0.4, -0.2) is 11.5 Å². The number of nitrogens with one attached hydrogen (secondary N) is 1. The monoisotopic (exact) mass is 235 g/mol. The molecule has 18 heavy (non-hydrogen) atoms. The van der Waals surface area contributed by atoms with Crippen LogP contribution in [0.4, 0.5) is 5.82 Å². The summed E-state index contributed by atoms with van der Waals surface area (Å²) in [5.41, 5.74) is 1.45. The van der Waals surface area contributed by atoms with E-state index < -0.39 is 0 Å². The maximum Gasteiger partial charge on any atom is 0.144 e. The van der Waals surface area contributed by atoms with Crippen LogP contribution in [0.1, 0.15) is 18.4 Å². The molecule has 88 valence electrons. The molecule has 0 spiro atoms. The van der Waals surface area contributed by atoms with Crippen molar-refractivity contribution in [2.75, 3.05) is 11.9 Å². The zero-order chi connectivity index (χ0) is 12.8. The van der Waals surface area contributed by atoms with Crippen LogP contribution in [0, 0.1) is 23.7 Å². The molecule has 1 aromatic heterocycles. The molecule has 0 amide bonds. The number of fused-ring (bicyclic) bond motifs is 1. The molecule has 0 atom stereocenters. The first-order valence-corrected chi connectivity index (χ1v) is 5.82. The lowest BCUT2D eigenvalue weighted by atomic mass is 10.1. The molecule has 0 radical (unpaired) electrons. The van der Waals surface area contributed by atoms with Crippen molar-refractivity contribution in [3.63, 3.8) is 0 Å². The maximum atomic E-state index is 9.12. The van der Waals surface area contributed by atoms with Crippen molar-refractivity contribution in [3.8, 4) is 18.4 Å². The minimum absolute atomic E-state index is 0.564. The van der Waals surface area contributed by atoms with Gasteiger partial charge in [-0.1, -0.05) is 18.2 Å².